The Balaban J connectivity index is 2.00. The second kappa shape index (κ2) is 4.91. The molecule has 1 saturated carbocycles. The topological polar surface area (TPSA) is 48.5 Å². The number of hydrogen-bond donors (Lipinski definition) is 0. The number of nitrogens with zero attached hydrogens (tertiary/aromatic N) is 5. The predicted molar refractivity (Wildman–Crippen MR) is 95.8 cm³/mol. The summed E-state index contributed by atoms with van der Waals surface area (Å²) in [5.74, 6) is 0.466. The molecule has 24 heavy (non-hydrogen) atoms. The summed E-state index contributed by atoms with van der Waals surface area (Å²) in [4.78, 5) is 4.94. The fraction of sp³-hybridized carbons (Fsp3) is 0.526. The number of pyridine rings is 1. The number of fused-ring (bicyclic) bond motifs is 1. The van der Waals surface area contributed by atoms with Crippen LogP contribution in [0.25, 0.3) is 16.7 Å². The van der Waals surface area contributed by atoms with Crippen LogP contribution in [-0.2, 0) is 12.5 Å². The van der Waals surface area contributed by atoms with Gasteiger partial charge >= 0.3 is 0 Å². The summed E-state index contributed by atoms with van der Waals surface area (Å²) in [7, 11) is 1.94. The zero-order valence-electron chi connectivity index (χ0n) is 15.4. The Morgan fingerprint density at radius 2 is 1.88 bits per heavy atom. The lowest BCUT2D eigenvalue weighted by Gasteiger charge is -2.15. The SMILES string of the molecule is Cc1nn(-c2cc3cn(C)nc3nc2C2(C)CC2)c(C)c1C(C)C. The van der Waals surface area contributed by atoms with E-state index in [9.17, 15) is 0 Å². The minimum absolute atomic E-state index is 0.158. The van der Waals surface area contributed by atoms with Crippen molar-refractivity contribution in [3.8, 4) is 5.69 Å². The van der Waals surface area contributed by atoms with Gasteiger partial charge in [-0.25, -0.2) is 9.67 Å². The fourth-order valence-electron chi connectivity index (χ4n) is 3.82. The molecule has 0 atom stereocenters. The van der Waals surface area contributed by atoms with Gasteiger partial charge in [0.25, 0.3) is 0 Å². The monoisotopic (exact) mass is 323 g/mol. The molecule has 0 amide bonds. The van der Waals surface area contributed by atoms with E-state index in [0.29, 0.717) is 5.92 Å². The molecule has 1 aliphatic carbocycles. The van der Waals surface area contributed by atoms with Crippen molar-refractivity contribution in [3.63, 3.8) is 0 Å². The third-order valence-corrected chi connectivity index (χ3v) is 5.31. The van der Waals surface area contributed by atoms with Crippen molar-refractivity contribution in [2.24, 2.45) is 7.05 Å². The number of rotatable bonds is 3. The van der Waals surface area contributed by atoms with E-state index in [4.69, 9.17) is 10.1 Å². The molecule has 0 aromatic carbocycles. The maximum atomic E-state index is 4.94. The van der Waals surface area contributed by atoms with Gasteiger partial charge in [0.1, 0.15) is 0 Å². The molecule has 0 aliphatic heterocycles. The average molecular weight is 323 g/mol. The molecule has 0 bridgehead atoms. The molecule has 0 radical (unpaired) electrons. The number of aromatic nitrogens is 5. The molecule has 0 unspecified atom stereocenters. The van der Waals surface area contributed by atoms with Gasteiger partial charge in [-0.05, 0) is 44.2 Å². The maximum absolute atomic E-state index is 4.94. The van der Waals surface area contributed by atoms with Crippen molar-refractivity contribution in [2.45, 2.75) is 58.8 Å². The molecule has 0 spiro atoms. The lowest BCUT2D eigenvalue weighted by Crippen LogP contribution is -2.12. The van der Waals surface area contributed by atoms with E-state index >= 15 is 0 Å². The third kappa shape index (κ3) is 2.18. The largest absolute Gasteiger partial charge is 0.273 e. The first-order valence-corrected chi connectivity index (χ1v) is 8.71. The van der Waals surface area contributed by atoms with Crippen molar-refractivity contribution in [3.05, 3.63) is 34.9 Å². The first-order valence-electron chi connectivity index (χ1n) is 8.71. The molecule has 1 fully saturated rings. The van der Waals surface area contributed by atoms with E-state index < -0.39 is 0 Å². The van der Waals surface area contributed by atoms with Crippen LogP contribution in [0.2, 0.25) is 0 Å². The molecular formula is C19H25N5. The zero-order chi connectivity index (χ0) is 17.2. The van der Waals surface area contributed by atoms with Crippen molar-refractivity contribution in [2.75, 3.05) is 0 Å². The Kier molecular flexibility index (Phi) is 3.15. The van der Waals surface area contributed by atoms with E-state index in [1.54, 1.807) is 0 Å². The highest BCUT2D eigenvalue weighted by Crippen LogP contribution is 2.49. The van der Waals surface area contributed by atoms with Gasteiger partial charge in [0, 0.05) is 29.7 Å². The molecule has 5 heteroatoms. The molecule has 126 valence electrons. The fourth-order valence-corrected chi connectivity index (χ4v) is 3.82. The second-order valence-electron chi connectivity index (χ2n) is 7.78. The Labute approximate surface area is 142 Å². The van der Waals surface area contributed by atoms with Crippen LogP contribution >= 0.6 is 0 Å². The lowest BCUT2D eigenvalue weighted by molar-refractivity contribution is 0.715. The molecule has 3 aromatic rings. The van der Waals surface area contributed by atoms with Crippen LogP contribution in [0.15, 0.2) is 12.3 Å². The highest BCUT2D eigenvalue weighted by molar-refractivity contribution is 5.78. The summed E-state index contributed by atoms with van der Waals surface area (Å²) >= 11 is 0. The van der Waals surface area contributed by atoms with E-state index in [1.165, 1.54) is 24.1 Å². The van der Waals surface area contributed by atoms with Crippen LogP contribution < -0.4 is 0 Å². The molecule has 0 N–H and O–H groups in total. The van der Waals surface area contributed by atoms with Gasteiger partial charge in [0.2, 0.25) is 0 Å². The predicted octanol–water partition coefficient (Wildman–Crippen LogP) is 3.95. The van der Waals surface area contributed by atoms with Crippen molar-refractivity contribution in [1.29, 1.82) is 0 Å². The molecule has 3 aromatic heterocycles. The van der Waals surface area contributed by atoms with E-state index in [1.807, 2.05) is 17.9 Å². The zero-order valence-corrected chi connectivity index (χ0v) is 15.4. The van der Waals surface area contributed by atoms with E-state index in [0.717, 1.165) is 28.1 Å². The van der Waals surface area contributed by atoms with Gasteiger partial charge in [0.15, 0.2) is 5.65 Å². The molecular weight excluding hydrogens is 298 g/mol. The van der Waals surface area contributed by atoms with Gasteiger partial charge in [-0.2, -0.15) is 10.2 Å². The van der Waals surface area contributed by atoms with E-state index in [2.05, 4.69) is 50.5 Å². The first-order chi connectivity index (χ1) is 11.3. The van der Waals surface area contributed by atoms with Gasteiger partial charge in [-0.3, -0.25) is 4.68 Å². The Bertz CT molecular complexity index is 940. The highest BCUT2D eigenvalue weighted by atomic mass is 15.3. The summed E-state index contributed by atoms with van der Waals surface area (Å²) < 4.78 is 3.93. The quantitative estimate of drug-likeness (QED) is 0.733. The summed E-state index contributed by atoms with van der Waals surface area (Å²) in [6.07, 6.45) is 4.39. The summed E-state index contributed by atoms with van der Waals surface area (Å²) in [5, 5.41) is 10.4. The average Bonchev–Trinajstić information content (AvgIpc) is 3.01. The number of aryl methyl sites for hydroxylation is 2. The van der Waals surface area contributed by atoms with Gasteiger partial charge < -0.3 is 0 Å². The van der Waals surface area contributed by atoms with E-state index in [-0.39, 0.29) is 5.41 Å². The molecule has 3 heterocycles. The maximum Gasteiger partial charge on any atom is 0.181 e. The van der Waals surface area contributed by atoms with Gasteiger partial charge in [-0.1, -0.05) is 20.8 Å². The van der Waals surface area contributed by atoms with Crippen LogP contribution in [0.5, 0.6) is 0 Å². The van der Waals surface area contributed by atoms with Crippen molar-refractivity contribution in [1.82, 2.24) is 24.5 Å². The first kappa shape index (κ1) is 15.4. The Morgan fingerprint density at radius 1 is 1.17 bits per heavy atom. The lowest BCUT2D eigenvalue weighted by atomic mass is 10.0. The van der Waals surface area contributed by atoms with Gasteiger partial charge in [0.05, 0.1) is 17.1 Å². The smallest absolute Gasteiger partial charge is 0.181 e. The molecule has 5 nitrogen and oxygen atoms in total. The highest BCUT2D eigenvalue weighted by Gasteiger charge is 2.43. The minimum atomic E-state index is 0.158. The molecule has 0 saturated heterocycles. The van der Waals surface area contributed by atoms with Crippen LogP contribution in [0.1, 0.15) is 62.2 Å². The van der Waals surface area contributed by atoms with Crippen molar-refractivity contribution >= 4 is 11.0 Å². The van der Waals surface area contributed by atoms with Crippen LogP contribution in [0, 0.1) is 13.8 Å². The molecule has 1 aliphatic rings. The van der Waals surface area contributed by atoms with Crippen LogP contribution in [0.3, 0.4) is 0 Å². The summed E-state index contributed by atoms with van der Waals surface area (Å²) in [6.45, 7) is 11.0. The Morgan fingerprint density at radius 3 is 2.46 bits per heavy atom. The minimum Gasteiger partial charge on any atom is -0.273 e. The number of hydrogen-bond acceptors (Lipinski definition) is 3. The standard InChI is InChI=1S/C19H25N5/c1-11(2)16-12(3)21-24(13(16)4)15-9-14-10-23(6)22-18(14)20-17(15)19(5)7-8-19/h9-11H,7-8H2,1-6H3. The Hall–Kier alpha value is -2.17. The van der Waals surface area contributed by atoms with Gasteiger partial charge in [-0.15, -0.1) is 0 Å². The van der Waals surface area contributed by atoms with Crippen LogP contribution in [-0.4, -0.2) is 24.5 Å². The third-order valence-electron chi connectivity index (χ3n) is 5.31. The normalized spacial score (nSPS) is 16.3. The van der Waals surface area contributed by atoms with Crippen molar-refractivity contribution < 1.29 is 0 Å². The second-order valence-corrected chi connectivity index (χ2v) is 7.78. The molecule has 4 rings (SSSR count). The summed E-state index contributed by atoms with van der Waals surface area (Å²) in [6, 6.07) is 2.21. The summed E-state index contributed by atoms with van der Waals surface area (Å²) in [5.41, 5.74) is 6.91. The van der Waals surface area contributed by atoms with Crippen LogP contribution in [0.4, 0.5) is 0 Å².